The first-order chi connectivity index (χ1) is 18.1. The molecule has 1 fully saturated rings. The number of methoxy groups -OCH3 is 1. The van der Waals surface area contributed by atoms with Gasteiger partial charge in [0.15, 0.2) is 11.5 Å². The van der Waals surface area contributed by atoms with Crippen LogP contribution in [0.4, 0.5) is 17.2 Å². The summed E-state index contributed by atoms with van der Waals surface area (Å²) in [4.78, 5) is 17.3. The molecule has 0 spiro atoms. The molecule has 4 N–H and O–H groups in total. The van der Waals surface area contributed by atoms with Crippen LogP contribution < -0.4 is 20.7 Å². The predicted octanol–water partition coefficient (Wildman–Crippen LogP) is 4.84. The SMILES string of the molecule is COc1ccc(C)c(Nc2cc(NCC(C)(C)O)c3ncc(-c4ccc(C(=O)NC5CC5)c(C)c4)n3n2)c1. The van der Waals surface area contributed by atoms with Gasteiger partial charge in [0.25, 0.3) is 5.91 Å². The van der Waals surface area contributed by atoms with Gasteiger partial charge in [-0.1, -0.05) is 12.1 Å². The van der Waals surface area contributed by atoms with E-state index in [-0.39, 0.29) is 5.91 Å². The monoisotopic (exact) mass is 514 g/mol. The molecule has 2 heterocycles. The van der Waals surface area contributed by atoms with Gasteiger partial charge in [0, 0.05) is 41.5 Å². The summed E-state index contributed by atoms with van der Waals surface area (Å²) < 4.78 is 7.18. The minimum atomic E-state index is -0.916. The van der Waals surface area contributed by atoms with Crippen LogP contribution in [0.15, 0.2) is 48.7 Å². The number of nitrogens with zero attached hydrogens (tertiary/aromatic N) is 3. The van der Waals surface area contributed by atoms with Crippen molar-refractivity contribution in [2.75, 3.05) is 24.3 Å². The summed E-state index contributed by atoms with van der Waals surface area (Å²) in [5.41, 5.74) is 5.60. The molecule has 1 amide bonds. The Balaban J connectivity index is 1.55. The molecule has 0 bridgehead atoms. The van der Waals surface area contributed by atoms with Crippen molar-refractivity contribution in [3.63, 3.8) is 0 Å². The summed E-state index contributed by atoms with van der Waals surface area (Å²) in [7, 11) is 1.64. The summed E-state index contributed by atoms with van der Waals surface area (Å²) in [6, 6.07) is 13.8. The second kappa shape index (κ2) is 9.98. The number of hydrogen-bond acceptors (Lipinski definition) is 7. The van der Waals surface area contributed by atoms with E-state index in [9.17, 15) is 9.90 Å². The first kappa shape index (κ1) is 25.5. The van der Waals surface area contributed by atoms with Crippen LogP contribution >= 0.6 is 0 Å². The highest BCUT2D eigenvalue weighted by Crippen LogP contribution is 2.30. The Bertz CT molecular complexity index is 1500. The lowest BCUT2D eigenvalue weighted by atomic mass is 10.0. The lowest BCUT2D eigenvalue weighted by Crippen LogP contribution is -2.29. The molecule has 1 saturated carbocycles. The van der Waals surface area contributed by atoms with E-state index in [2.05, 4.69) is 20.9 Å². The molecule has 0 radical (unpaired) electrons. The fourth-order valence-electron chi connectivity index (χ4n) is 4.24. The number of carbonyl (C=O) groups is 1. The van der Waals surface area contributed by atoms with Gasteiger partial charge in [-0.05, 0) is 69.9 Å². The third-order valence-corrected chi connectivity index (χ3v) is 6.57. The second-order valence-corrected chi connectivity index (χ2v) is 10.6. The van der Waals surface area contributed by atoms with Gasteiger partial charge in [0.1, 0.15) is 5.75 Å². The lowest BCUT2D eigenvalue weighted by Gasteiger charge is -2.19. The van der Waals surface area contributed by atoms with Gasteiger partial charge >= 0.3 is 0 Å². The van der Waals surface area contributed by atoms with Crippen LogP contribution in [-0.2, 0) is 0 Å². The molecular formula is C29H34N6O3. The Hall–Kier alpha value is -4.11. The minimum absolute atomic E-state index is 0.0360. The number of fused-ring (bicyclic) bond motifs is 1. The first-order valence-corrected chi connectivity index (χ1v) is 12.8. The van der Waals surface area contributed by atoms with Gasteiger partial charge in [-0.25, -0.2) is 9.50 Å². The third-order valence-electron chi connectivity index (χ3n) is 6.57. The fraction of sp³-hybridized carbons (Fsp3) is 0.345. The van der Waals surface area contributed by atoms with E-state index in [4.69, 9.17) is 9.84 Å². The zero-order valence-electron chi connectivity index (χ0n) is 22.4. The van der Waals surface area contributed by atoms with Crippen molar-refractivity contribution in [1.29, 1.82) is 0 Å². The summed E-state index contributed by atoms with van der Waals surface area (Å²) in [5, 5.41) is 25.0. The molecule has 0 atom stereocenters. The van der Waals surface area contributed by atoms with Gasteiger partial charge in [-0.2, -0.15) is 0 Å². The molecule has 1 aliphatic carbocycles. The van der Waals surface area contributed by atoms with Crippen LogP contribution in [0.1, 0.15) is 48.2 Å². The van der Waals surface area contributed by atoms with E-state index in [0.717, 1.165) is 52.4 Å². The normalized spacial score (nSPS) is 13.4. The number of ether oxygens (including phenoxy) is 1. The van der Waals surface area contributed by atoms with Crippen LogP contribution in [0.5, 0.6) is 5.75 Å². The fourth-order valence-corrected chi connectivity index (χ4v) is 4.24. The number of aliphatic hydroxyl groups is 1. The standard InChI is InChI=1S/C29H34N6O3/c1-17-6-10-21(38-5)13-23(17)33-26-14-24(31-16-29(3,4)37)27-30-15-25(35(27)34-26)19-7-11-22(18(2)12-19)28(36)32-20-8-9-20/h6-7,10-15,20,31,37H,8-9,16H2,1-5H3,(H,32,36)(H,33,34). The van der Waals surface area contributed by atoms with Crippen LogP contribution in [-0.4, -0.2) is 50.9 Å². The number of anilines is 3. The third kappa shape index (κ3) is 5.57. The molecule has 38 heavy (non-hydrogen) atoms. The molecule has 0 unspecified atom stereocenters. The maximum Gasteiger partial charge on any atom is 0.251 e. The number of carbonyl (C=O) groups excluding carboxylic acids is 1. The summed E-state index contributed by atoms with van der Waals surface area (Å²) in [5.74, 6) is 1.30. The molecule has 0 aliphatic heterocycles. The average molecular weight is 515 g/mol. The largest absolute Gasteiger partial charge is 0.497 e. The molecule has 4 aromatic rings. The average Bonchev–Trinajstić information content (AvgIpc) is 3.58. The number of benzene rings is 2. The molecule has 2 aromatic heterocycles. The van der Waals surface area contributed by atoms with E-state index in [1.807, 2.05) is 56.3 Å². The van der Waals surface area contributed by atoms with Gasteiger partial charge in [0.05, 0.1) is 30.3 Å². The highest BCUT2D eigenvalue weighted by molar-refractivity contribution is 5.96. The van der Waals surface area contributed by atoms with E-state index in [1.54, 1.807) is 31.7 Å². The lowest BCUT2D eigenvalue weighted by molar-refractivity contribution is 0.0940. The quantitative estimate of drug-likeness (QED) is 0.253. The maximum atomic E-state index is 12.6. The molecule has 2 aromatic carbocycles. The van der Waals surface area contributed by atoms with Crippen molar-refractivity contribution in [3.05, 3.63) is 65.4 Å². The highest BCUT2D eigenvalue weighted by Gasteiger charge is 2.25. The van der Waals surface area contributed by atoms with Crippen LogP contribution in [0, 0.1) is 13.8 Å². The second-order valence-electron chi connectivity index (χ2n) is 10.6. The number of hydrogen-bond donors (Lipinski definition) is 4. The van der Waals surface area contributed by atoms with E-state index in [1.165, 1.54) is 0 Å². The molecule has 5 rings (SSSR count). The summed E-state index contributed by atoms with van der Waals surface area (Å²) >= 11 is 0. The number of rotatable bonds is 9. The topological polar surface area (TPSA) is 113 Å². The van der Waals surface area contributed by atoms with E-state index >= 15 is 0 Å². The Labute approximate surface area is 222 Å². The predicted molar refractivity (Wildman–Crippen MR) is 149 cm³/mol. The van der Waals surface area contributed by atoms with Crippen LogP contribution in [0.25, 0.3) is 16.9 Å². The van der Waals surface area contributed by atoms with Gasteiger partial charge in [-0.15, -0.1) is 5.10 Å². The molecule has 9 nitrogen and oxygen atoms in total. The Morgan fingerprint density at radius 3 is 2.58 bits per heavy atom. The number of nitrogens with one attached hydrogen (secondary N) is 3. The van der Waals surface area contributed by atoms with Gasteiger partial charge < -0.3 is 25.8 Å². The number of imidazole rings is 1. The van der Waals surface area contributed by atoms with Crippen molar-refractivity contribution >= 4 is 28.7 Å². The van der Waals surface area contributed by atoms with E-state index in [0.29, 0.717) is 29.6 Å². The van der Waals surface area contributed by atoms with Gasteiger partial charge in [0.2, 0.25) is 0 Å². The van der Waals surface area contributed by atoms with Crippen molar-refractivity contribution in [2.45, 2.75) is 52.2 Å². The van der Waals surface area contributed by atoms with Crippen LogP contribution in [0.3, 0.4) is 0 Å². The molecule has 1 aliphatic rings. The minimum Gasteiger partial charge on any atom is -0.497 e. The van der Waals surface area contributed by atoms with Crippen molar-refractivity contribution < 1.29 is 14.6 Å². The van der Waals surface area contributed by atoms with Crippen LogP contribution in [0.2, 0.25) is 0 Å². The summed E-state index contributed by atoms with van der Waals surface area (Å²) in [6.45, 7) is 7.78. The van der Waals surface area contributed by atoms with Crippen molar-refractivity contribution in [3.8, 4) is 17.0 Å². The number of aromatic nitrogens is 3. The molecule has 198 valence electrons. The Morgan fingerprint density at radius 1 is 1.11 bits per heavy atom. The van der Waals surface area contributed by atoms with Crippen molar-refractivity contribution in [1.82, 2.24) is 19.9 Å². The molecule has 0 saturated heterocycles. The summed E-state index contributed by atoms with van der Waals surface area (Å²) in [6.07, 6.45) is 3.87. The smallest absolute Gasteiger partial charge is 0.251 e. The number of aryl methyl sites for hydroxylation is 2. The van der Waals surface area contributed by atoms with Gasteiger partial charge in [-0.3, -0.25) is 4.79 Å². The van der Waals surface area contributed by atoms with E-state index < -0.39 is 5.60 Å². The Kier molecular flexibility index (Phi) is 6.71. The molecular weight excluding hydrogens is 480 g/mol. The van der Waals surface area contributed by atoms with Crippen molar-refractivity contribution in [2.24, 2.45) is 0 Å². The Morgan fingerprint density at radius 2 is 1.89 bits per heavy atom. The number of amides is 1. The maximum absolute atomic E-state index is 12.6. The first-order valence-electron chi connectivity index (χ1n) is 12.8. The zero-order valence-corrected chi connectivity index (χ0v) is 22.4. The molecule has 9 heteroatoms. The zero-order chi connectivity index (χ0) is 27.0. The highest BCUT2D eigenvalue weighted by atomic mass is 16.5.